The molecule has 3 N–H and O–H groups in total. The zero-order valence-electron chi connectivity index (χ0n) is 11.9. The van der Waals surface area contributed by atoms with Gasteiger partial charge >= 0.3 is 12.0 Å². The highest BCUT2D eigenvalue weighted by molar-refractivity contribution is 6.34. The molecule has 114 valence electrons. The highest BCUT2D eigenvalue weighted by atomic mass is 35.5. The Labute approximate surface area is 128 Å². The van der Waals surface area contributed by atoms with Crippen LogP contribution in [0.15, 0.2) is 18.2 Å². The maximum atomic E-state index is 11.9. The first-order chi connectivity index (χ1) is 9.91. The van der Waals surface area contributed by atoms with Crippen molar-refractivity contribution in [1.29, 1.82) is 0 Å². The van der Waals surface area contributed by atoms with E-state index in [-0.39, 0.29) is 21.7 Å². The van der Waals surface area contributed by atoms with Gasteiger partial charge in [-0.15, -0.1) is 0 Å². The van der Waals surface area contributed by atoms with Crippen molar-refractivity contribution in [2.45, 2.75) is 32.6 Å². The van der Waals surface area contributed by atoms with Crippen LogP contribution in [0.25, 0.3) is 0 Å². The monoisotopic (exact) mass is 310 g/mol. The lowest BCUT2D eigenvalue weighted by Crippen LogP contribution is -2.37. The highest BCUT2D eigenvalue weighted by Crippen LogP contribution is 2.36. The number of benzene rings is 1. The van der Waals surface area contributed by atoms with E-state index in [1.807, 2.05) is 0 Å². The molecule has 0 unspecified atom stereocenters. The minimum atomic E-state index is -1.17. The lowest BCUT2D eigenvalue weighted by molar-refractivity contribution is 0.0698. The largest absolute Gasteiger partial charge is 0.478 e. The smallest absolute Gasteiger partial charge is 0.339 e. The Morgan fingerprint density at radius 3 is 2.62 bits per heavy atom. The SMILES string of the molecule is CC1(CNC(=O)Nc2cccc(Cl)c2C(=O)O)CCCC1. The maximum Gasteiger partial charge on any atom is 0.339 e. The summed E-state index contributed by atoms with van der Waals surface area (Å²) < 4.78 is 0. The Bertz CT molecular complexity index is 554. The summed E-state index contributed by atoms with van der Waals surface area (Å²) in [6.45, 7) is 2.74. The molecule has 5 nitrogen and oxygen atoms in total. The van der Waals surface area contributed by atoms with E-state index >= 15 is 0 Å². The van der Waals surface area contributed by atoms with Crippen molar-refractivity contribution in [2.24, 2.45) is 5.41 Å². The van der Waals surface area contributed by atoms with Crippen molar-refractivity contribution >= 4 is 29.3 Å². The second-order valence-corrected chi connectivity index (χ2v) is 6.20. The van der Waals surface area contributed by atoms with Crippen LogP contribution in [0, 0.1) is 5.41 Å². The summed E-state index contributed by atoms with van der Waals surface area (Å²) in [6.07, 6.45) is 4.59. The molecule has 0 aromatic heterocycles. The number of aromatic carboxylic acids is 1. The number of carboxylic acid groups (broad SMARTS) is 1. The number of hydrogen-bond donors (Lipinski definition) is 3. The molecule has 0 bridgehead atoms. The Morgan fingerprint density at radius 2 is 2.00 bits per heavy atom. The number of amides is 2. The van der Waals surface area contributed by atoms with E-state index in [0.29, 0.717) is 6.54 Å². The molecule has 1 aliphatic carbocycles. The van der Waals surface area contributed by atoms with Crippen molar-refractivity contribution in [1.82, 2.24) is 5.32 Å². The van der Waals surface area contributed by atoms with Crippen LogP contribution >= 0.6 is 11.6 Å². The molecule has 1 aliphatic rings. The summed E-state index contributed by atoms with van der Waals surface area (Å²) in [5.41, 5.74) is 0.242. The highest BCUT2D eigenvalue weighted by Gasteiger charge is 2.29. The molecule has 21 heavy (non-hydrogen) atoms. The van der Waals surface area contributed by atoms with Gasteiger partial charge in [-0.05, 0) is 30.4 Å². The Kier molecular flexibility index (Phi) is 4.73. The van der Waals surface area contributed by atoms with Crippen molar-refractivity contribution in [3.8, 4) is 0 Å². The summed E-state index contributed by atoms with van der Waals surface area (Å²) >= 11 is 5.86. The number of carbonyl (C=O) groups excluding carboxylic acids is 1. The normalized spacial score (nSPS) is 16.5. The van der Waals surface area contributed by atoms with E-state index in [1.54, 1.807) is 6.07 Å². The van der Waals surface area contributed by atoms with Gasteiger partial charge in [0, 0.05) is 6.54 Å². The van der Waals surface area contributed by atoms with Crippen LogP contribution in [-0.4, -0.2) is 23.7 Å². The van der Waals surface area contributed by atoms with Gasteiger partial charge in [-0.25, -0.2) is 9.59 Å². The third-order valence-corrected chi connectivity index (χ3v) is 4.28. The van der Waals surface area contributed by atoms with Crippen LogP contribution in [0.1, 0.15) is 43.0 Å². The second-order valence-electron chi connectivity index (χ2n) is 5.79. The van der Waals surface area contributed by atoms with Gasteiger partial charge in [0.25, 0.3) is 0 Å². The van der Waals surface area contributed by atoms with Crippen molar-refractivity contribution in [3.63, 3.8) is 0 Å². The molecule has 2 rings (SSSR count). The average Bonchev–Trinajstić information content (AvgIpc) is 2.84. The molecular weight excluding hydrogens is 292 g/mol. The summed E-state index contributed by atoms with van der Waals surface area (Å²) in [5.74, 6) is -1.17. The van der Waals surface area contributed by atoms with E-state index in [2.05, 4.69) is 17.6 Å². The maximum absolute atomic E-state index is 11.9. The summed E-state index contributed by atoms with van der Waals surface area (Å²) in [4.78, 5) is 23.1. The van der Waals surface area contributed by atoms with Gasteiger partial charge < -0.3 is 15.7 Å². The van der Waals surface area contributed by atoms with Gasteiger partial charge in [0.2, 0.25) is 0 Å². The fourth-order valence-corrected chi connectivity index (χ4v) is 2.97. The van der Waals surface area contributed by atoms with Gasteiger partial charge in [-0.1, -0.05) is 37.4 Å². The lowest BCUT2D eigenvalue weighted by Gasteiger charge is -2.23. The first-order valence-electron chi connectivity index (χ1n) is 6.98. The number of rotatable bonds is 4. The number of halogens is 1. The molecule has 6 heteroatoms. The molecule has 1 aromatic carbocycles. The molecule has 1 aromatic rings. The van der Waals surface area contributed by atoms with Crippen LogP contribution < -0.4 is 10.6 Å². The van der Waals surface area contributed by atoms with Crippen LogP contribution in [0.3, 0.4) is 0 Å². The lowest BCUT2D eigenvalue weighted by atomic mass is 9.89. The molecule has 1 fully saturated rings. The molecule has 0 aliphatic heterocycles. The van der Waals surface area contributed by atoms with Gasteiger partial charge in [0.05, 0.1) is 10.7 Å². The number of carboxylic acids is 1. The minimum absolute atomic E-state index is 0.0959. The molecule has 1 saturated carbocycles. The predicted octanol–water partition coefficient (Wildman–Crippen LogP) is 3.74. The molecule has 0 atom stereocenters. The molecule has 0 heterocycles. The third kappa shape index (κ3) is 3.88. The zero-order chi connectivity index (χ0) is 15.5. The van der Waals surface area contributed by atoms with Crippen LogP contribution in [-0.2, 0) is 0 Å². The minimum Gasteiger partial charge on any atom is -0.478 e. The Hall–Kier alpha value is -1.75. The van der Waals surface area contributed by atoms with Gasteiger partial charge in [-0.2, -0.15) is 0 Å². The zero-order valence-corrected chi connectivity index (χ0v) is 12.7. The van der Waals surface area contributed by atoms with Crippen molar-refractivity contribution < 1.29 is 14.7 Å². The molecule has 2 amide bonds. The first-order valence-corrected chi connectivity index (χ1v) is 7.36. The van der Waals surface area contributed by atoms with Gasteiger partial charge in [0.15, 0.2) is 0 Å². The van der Waals surface area contributed by atoms with Crippen molar-refractivity contribution in [2.75, 3.05) is 11.9 Å². The molecule has 0 saturated heterocycles. The number of hydrogen-bond acceptors (Lipinski definition) is 2. The van der Waals surface area contributed by atoms with E-state index in [9.17, 15) is 9.59 Å². The average molecular weight is 311 g/mol. The molecule has 0 radical (unpaired) electrons. The summed E-state index contributed by atoms with van der Waals surface area (Å²) in [7, 11) is 0. The Balaban J connectivity index is 2.00. The van der Waals surface area contributed by atoms with E-state index in [1.165, 1.54) is 25.0 Å². The topological polar surface area (TPSA) is 78.4 Å². The fourth-order valence-electron chi connectivity index (χ4n) is 2.71. The van der Waals surface area contributed by atoms with Crippen LogP contribution in [0.5, 0.6) is 0 Å². The van der Waals surface area contributed by atoms with Crippen molar-refractivity contribution in [3.05, 3.63) is 28.8 Å². The Morgan fingerprint density at radius 1 is 1.33 bits per heavy atom. The fraction of sp³-hybridized carbons (Fsp3) is 0.467. The predicted molar refractivity (Wildman–Crippen MR) is 82.0 cm³/mol. The van der Waals surface area contributed by atoms with Crippen LogP contribution in [0.4, 0.5) is 10.5 Å². The van der Waals surface area contributed by atoms with Gasteiger partial charge in [-0.3, -0.25) is 0 Å². The summed E-state index contributed by atoms with van der Waals surface area (Å²) in [5, 5.41) is 14.6. The molecule has 0 spiro atoms. The summed E-state index contributed by atoms with van der Waals surface area (Å²) in [6, 6.07) is 4.19. The van der Waals surface area contributed by atoms with Crippen LogP contribution in [0.2, 0.25) is 5.02 Å². The second kappa shape index (κ2) is 6.35. The van der Waals surface area contributed by atoms with E-state index in [4.69, 9.17) is 16.7 Å². The third-order valence-electron chi connectivity index (χ3n) is 3.96. The number of anilines is 1. The number of carbonyl (C=O) groups is 2. The standard InChI is InChI=1S/C15H19ClN2O3/c1-15(7-2-3-8-15)9-17-14(21)18-11-6-4-5-10(16)12(11)13(19)20/h4-6H,2-3,7-9H2,1H3,(H,19,20)(H2,17,18,21). The molecular formula is C15H19ClN2O3. The van der Waals surface area contributed by atoms with E-state index in [0.717, 1.165) is 12.8 Å². The quantitative estimate of drug-likeness (QED) is 0.792. The van der Waals surface area contributed by atoms with Gasteiger partial charge in [0.1, 0.15) is 5.56 Å². The number of nitrogens with one attached hydrogen (secondary N) is 2. The van der Waals surface area contributed by atoms with E-state index < -0.39 is 12.0 Å². The number of urea groups is 1. The first kappa shape index (κ1) is 15.6.